The number of nitrogens with one attached hydrogen (secondary N) is 1. The van der Waals surface area contributed by atoms with Crippen LogP contribution < -0.4 is 15.0 Å². The van der Waals surface area contributed by atoms with Gasteiger partial charge in [-0.2, -0.15) is 5.10 Å². The summed E-state index contributed by atoms with van der Waals surface area (Å²) in [5.74, 6) is 2.41. The van der Waals surface area contributed by atoms with Gasteiger partial charge in [-0.15, -0.1) is 0 Å². The Balaban J connectivity index is 1.49. The maximum atomic E-state index is 11.9. The maximum Gasteiger partial charge on any atom is 0.269 e. The molecular formula is C33H27N7O3. The van der Waals surface area contributed by atoms with Crippen molar-refractivity contribution in [2.45, 2.75) is 19.9 Å². The number of non-ortho nitro benzene ring substituents is 1. The number of aliphatic imine (C=N–C) groups is 2. The van der Waals surface area contributed by atoms with Gasteiger partial charge < -0.3 is 15.0 Å². The van der Waals surface area contributed by atoms with Crippen molar-refractivity contribution in [1.29, 1.82) is 0 Å². The van der Waals surface area contributed by atoms with Crippen molar-refractivity contribution in [1.82, 2.24) is 9.78 Å². The fourth-order valence-electron chi connectivity index (χ4n) is 5.65. The molecule has 5 aromatic rings. The molecule has 2 aliphatic rings. The van der Waals surface area contributed by atoms with Crippen LogP contribution in [0.25, 0.3) is 5.69 Å². The van der Waals surface area contributed by atoms with E-state index in [2.05, 4.69) is 10.2 Å². The normalized spacial score (nSPS) is 15.0. The van der Waals surface area contributed by atoms with Gasteiger partial charge in [-0.05, 0) is 55.8 Å². The van der Waals surface area contributed by atoms with Crippen LogP contribution in [0.15, 0.2) is 113 Å². The SMILES string of the molecule is CCOc1ccccc1NC1=Nc2ccccc2N2C1=Nc1c(c(C)nn1-c1ccccc1)[C@@H]2c1cccc([N+](=O)[O-])c1. The van der Waals surface area contributed by atoms with Gasteiger partial charge in [0.25, 0.3) is 5.69 Å². The summed E-state index contributed by atoms with van der Waals surface area (Å²) in [6, 6.07) is 31.6. The van der Waals surface area contributed by atoms with Crippen LogP contribution in [0.1, 0.15) is 29.8 Å². The monoisotopic (exact) mass is 569 g/mol. The molecule has 0 aliphatic carbocycles. The largest absolute Gasteiger partial charge is 0.492 e. The molecule has 0 radical (unpaired) electrons. The van der Waals surface area contributed by atoms with Crippen molar-refractivity contribution in [2.24, 2.45) is 9.98 Å². The average molecular weight is 570 g/mol. The van der Waals surface area contributed by atoms with Gasteiger partial charge in [0, 0.05) is 17.7 Å². The van der Waals surface area contributed by atoms with Gasteiger partial charge in [-0.1, -0.05) is 54.6 Å². The van der Waals surface area contributed by atoms with Crippen molar-refractivity contribution in [2.75, 3.05) is 16.8 Å². The summed E-state index contributed by atoms with van der Waals surface area (Å²) in [7, 11) is 0. The number of anilines is 2. The first-order chi connectivity index (χ1) is 21.0. The second-order valence-electron chi connectivity index (χ2n) is 10.1. The van der Waals surface area contributed by atoms with Crippen molar-refractivity contribution < 1.29 is 9.66 Å². The zero-order chi connectivity index (χ0) is 29.5. The van der Waals surface area contributed by atoms with Crippen molar-refractivity contribution in [3.8, 4) is 11.4 Å². The number of nitro groups is 1. The average Bonchev–Trinajstić information content (AvgIpc) is 3.37. The molecule has 10 heteroatoms. The van der Waals surface area contributed by atoms with Crippen LogP contribution in [0.5, 0.6) is 5.75 Å². The Kier molecular flexibility index (Phi) is 6.43. The van der Waals surface area contributed by atoms with Crippen LogP contribution in [-0.4, -0.2) is 33.0 Å². The van der Waals surface area contributed by atoms with E-state index in [1.165, 1.54) is 6.07 Å². The second-order valence-corrected chi connectivity index (χ2v) is 10.1. The topological polar surface area (TPSA) is 110 Å². The molecule has 3 heterocycles. The number of aromatic nitrogens is 2. The van der Waals surface area contributed by atoms with E-state index in [9.17, 15) is 10.1 Å². The Bertz CT molecular complexity index is 1930. The molecule has 0 fully saturated rings. The molecule has 0 unspecified atom stereocenters. The van der Waals surface area contributed by atoms with E-state index in [-0.39, 0.29) is 10.6 Å². The van der Waals surface area contributed by atoms with E-state index >= 15 is 0 Å². The number of fused-ring (bicyclic) bond motifs is 4. The van der Waals surface area contributed by atoms with Crippen LogP contribution >= 0.6 is 0 Å². The Morgan fingerprint density at radius 3 is 2.51 bits per heavy atom. The van der Waals surface area contributed by atoms with Gasteiger partial charge in [0.05, 0.1) is 46.0 Å². The third-order valence-electron chi connectivity index (χ3n) is 7.48. The van der Waals surface area contributed by atoms with Gasteiger partial charge in [-0.3, -0.25) is 10.1 Å². The van der Waals surface area contributed by atoms with Crippen molar-refractivity contribution in [3.05, 3.63) is 130 Å². The van der Waals surface area contributed by atoms with Gasteiger partial charge >= 0.3 is 0 Å². The first-order valence-electron chi connectivity index (χ1n) is 14.0. The van der Waals surface area contributed by atoms with Gasteiger partial charge in [0.2, 0.25) is 0 Å². The van der Waals surface area contributed by atoms with E-state index in [4.69, 9.17) is 19.8 Å². The van der Waals surface area contributed by atoms with Crippen molar-refractivity contribution in [3.63, 3.8) is 0 Å². The molecule has 4 aromatic carbocycles. The lowest BCUT2D eigenvalue weighted by atomic mass is 9.93. The first-order valence-corrected chi connectivity index (χ1v) is 14.0. The Morgan fingerprint density at radius 1 is 0.930 bits per heavy atom. The summed E-state index contributed by atoms with van der Waals surface area (Å²) >= 11 is 0. The third-order valence-corrected chi connectivity index (χ3v) is 7.48. The number of hydrogen-bond donors (Lipinski definition) is 1. The summed E-state index contributed by atoms with van der Waals surface area (Å²) in [5, 5.41) is 20.3. The van der Waals surface area contributed by atoms with Crippen molar-refractivity contribution >= 4 is 40.2 Å². The fraction of sp³-hybridized carbons (Fsp3) is 0.121. The summed E-state index contributed by atoms with van der Waals surface area (Å²) in [5.41, 5.74) is 5.56. The van der Waals surface area contributed by atoms with E-state index in [0.717, 1.165) is 39.6 Å². The zero-order valence-electron chi connectivity index (χ0n) is 23.5. The smallest absolute Gasteiger partial charge is 0.269 e. The number of benzene rings is 4. The molecule has 0 saturated carbocycles. The van der Waals surface area contributed by atoms with Crippen LogP contribution in [0.2, 0.25) is 0 Å². The Morgan fingerprint density at radius 2 is 1.70 bits per heavy atom. The van der Waals surface area contributed by atoms with E-state index in [1.54, 1.807) is 12.1 Å². The molecule has 2 aliphatic heterocycles. The molecule has 1 N–H and O–H groups in total. The van der Waals surface area contributed by atoms with E-state index in [0.29, 0.717) is 29.8 Å². The summed E-state index contributed by atoms with van der Waals surface area (Å²) in [6.45, 7) is 4.40. The number of rotatable bonds is 6. The Hall–Kier alpha value is -5.77. The molecule has 7 rings (SSSR count). The first kappa shape index (κ1) is 26.1. The fourth-order valence-corrected chi connectivity index (χ4v) is 5.65. The number of hydrogen-bond acceptors (Lipinski definition) is 8. The van der Waals surface area contributed by atoms with E-state index in [1.807, 2.05) is 103 Å². The van der Waals surface area contributed by atoms with Gasteiger partial charge in [0.1, 0.15) is 5.75 Å². The van der Waals surface area contributed by atoms with Gasteiger partial charge in [0.15, 0.2) is 17.5 Å². The third kappa shape index (κ3) is 4.49. The van der Waals surface area contributed by atoms with Crippen LogP contribution in [0.4, 0.5) is 28.6 Å². The molecular weight excluding hydrogens is 542 g/mol. The second kappa shape index (κ2) is 10.6. The molecule has 212 valence electrons. The minimum absolute atomic E-state index is 0.0131. The van der Waals surface area contributed by atoms with Gasteiger partial charge in [-0.25, -0.2) is 14.7 Å². The van der Waals surface area contributed by atoms with Crippen LogP contribution in [-0.2, 0) is 0 Å². The highest BCUT2D eigenvalue weighted by molar-refractivity contribution is 6.51. The number of para-hydroxylation sites is 5. The van der Waals surface area contributed by atoms with Crippen LogP contribution in [0, 0.1) is 17.0 Å². The molecule has 0 bridgehead atoms. The molecule has 0 amide bonds. The molecule has 10 nitrogen and oxygen atoms in total. The maximum absolute atomic E-state index is 11.9. The zero-order valence-corrected chi connectivity index (χ0v) is 23.5. The number of amidine groups is 2. The number of aryl methyl sites for hydroxylation is 1. The highest BCUT2D eigenvalue weighted by Gasteiger charge is 2.42. The lowest BCUT2D eigenvalue weighted by Gasteiger charge is -2.40. The number of ether oxygens (including phenoxy) is 1. The highest BCUT2D eigenvalue weighted by atomic mass is 16.6. The molecule has 0 spiro atoms. The standard InChI is InChI=1S/C33H27N7O3/c1-3-43-28-19-10-8-17-26(28)35-31-33-36-32-29(21(2)37-39(32)23-13-5-4-6-14-23)30(22-12-11-15-24(20-22)40(41)42)38(33)27-18-9-7-16-25(27)34-31/h4-20,30H,3H2,1-2H3,(H,34,35)/t30-/m0/s1. The quantitative estimate of drug-likeness (QED) is 0.170. The number of nitrogens with zero attached hydrogens (tertiary/aromatic N) is 6. The summed E-state index contributed by atoms with van der Waals surface area (Å²) < 4.78 is 7.72. The highest BCUT2D eigenvalue weighted by Crippen LogP contribution is 2.48. The molecule has 1 atom stereocenters. The summed E-state index contributed by atoms with van der Waals surface area (Å²) in [4.78, 5) is 23.8. The van der Waals surface area contributed by atoms with E-state index < -0.39 is 6.04 Å². The van der Waals surface area contributed by atoms with Crippen LogP contribution in [0.3, 0.4) is 0 Å². The predicted octanol–water partition coefficient (Wildman–Crippen LogP) is 7.28. The number of nitro benzene ring substituents is 1. The minimum Gasteiger partial charge on any atom is -0.492 e. The summed E-state index contributed by atoms with van der Waals surface area (Å²) in [6.07, 6.45) is 0. The minimum atomic E-state index is -0.476. The molecule has 1 aromatic heterocycles. The molecule has 0 saturated heterocycles. The lowest BCUT2D eigenvalue weighted by molar-refractivity contribution is -0.384. The molecule has 43 heavy (non-hydrogen) atoms. The Labute approximate surface area is 247 Å². The lowest BCUT2D eigenvalue weighted by Crippen LogP contribution is -2.46. The predicted molar refractivity (Wildman–Crippen MR) is 168 cm³/mol.